The van der Waals surface area contributed by atoms with Gasteiger partial charge in [0.25, 0.3) is 5.78 Å². The molecule has 48 heavy (non-hydrogen) atoms. The molecule has 1 saturated heterocycles. The van der Waals surface area contributed by atoms with Crippen LogP contribution in [0.1, 0.15) is 60.2 Å². The number of aromatic nitrogens is 2. The van der Waals surface area contributed by atoms with Gasteiger partial charge in [-0.3, -0.25) is 14.5 Å². The molecule has 1 atom stereocenters. The number of amides is 1. The van der Waals surface area contributed by atoms with E-state index < -0.39 is 17.7 Å². The molecule has 244 valence electrons. The van der Waals surface area contributed by atoms with E-state index in [-0.39, 0.29) is 21.9 Å². The van der Waals surface area contributed by atoms with Crippen molar-refractivity contribution in [3.05, 3.63) is 141 Å². The second-order valence-corrected chi connectivity index (χ2v) is 15.2. The highest BCUT2D eigenvalue weighted by Crippen LogP contribution is 2.44. The van der Waals surface area contributed by atoms with Crippen LogP contribution in [0.4, 0.5) is 5.13 Å². The summed E-state index contributed by atoms with van der Waals surface area (Å²) in [6.07, 6.45) is 0. The number of rotatable bonds is 9. The van der Waals surface area contributed by atoms with E-state index in [1.54, 1.807) is 24.3 Å². The highest BCUT2D eigenvalue weighted by molar-refractivity contribution is 8.00. The van der Waals surface area contributed by atoms with E-state index in [9.17, 15) is 14.7 Å². The molecule has 1 aromatic heterocycles. The summed E-state index contributed by atoms with van der Waals surface area (Å²) in [4.78, 5) is 28.8. The number of ether oxygens (including phenoxy) is 1. The average molecular weight is 696 g/mol. The molecule has 1 aliphatic rings. The number of thioether (sulfide) groups is 1. The molecular weight excluding hydrogens is 662 g/mol. The Labute approximate surface area is 293 Å². The predicted molar refractivity (Wildman–Crippen MR) is 193 cm³/mol. The van der Waals surface area contributed by atoms with Crippen LogP contribution in [0.25, 0.3) is 5.76 Å². The van der Waals surface area contributed by atoms with Gasteiger partial charge < -0.3 is 9.84 Å². The van der Waals surface area contributed by atoms with Crippen molar-refractivity contribution in [1.82, 2.24) is 10.2 Å². The van der Waals surface area contributed by atoms with Gasteiger partial charge in [0.2, 0.25) is 5.13 Å². The van der Waals surface area contributed by atoms with Crippen molar-refractivity contribution in [1.29, 1.82) is 0 Å². The first-order valence-corrected chi connectivity index (χ1v) is 17.6. The maximum absolute atomic E-state index is 13.7. The van der Waals surface area contributed by atoms with Crippen LogP contribution in [0.3, 0.4) is 0 Å². The van der Waals surface area contributed by atoms with E-state index in [2.05, 4.69) is 31.0 Å². The van der Waals surface area contributed by atoms with E-state index in [1.807, 2.05) is 79.7 Å². The first-order chi connectivity index (χ1) is 23.0. The van der Waals surface area contributed by atoms with Gasteiger partial charge in [-0.2, -0.15) is 0 Å². The van der Waals surface area contributed by atoms with Gasteiger partial charge >= 0.3 is 5.91 Å². The van der Waals surface area contributed by atoms with Crippen molar-refractivity contribution in [3.63, 3.8) is 0 Å². The third-order valence-electron chi connectivity index (χ3n) is 8.20. The second-order valence-electron chi connectivity index (χ2n) is 12.5. The van der Waals surface area contributed by atoms with Crippen molar-refractivity contribution in [2.45, 2.75) is 55.9 Å². The number of anilines is 1. The van der Waals surface area contributed by atoms with Crippen LogP contribution in [0.5, 0.6) is 5.75 Å². The van der Waals surface area contributed by atoms with E-state index in [4.69, 9.17) is 16.3 Å². The highest BCUT2D eigenvalue weighted by atomic mass is 35.5. The van der Waals surface area contributed by atoms with Crippen molar-refractivity contribution in [2.24, 2.45) is 0 Å². The number of nitrogens with zero attached hydrogens (tertiary/aromatic N) is 3. The molecule has 6 rings (SSSR count). The van der Waals surface area contributed by atoms with Crippen LogP contribution in [-0.2, 0) is 27.4 Å². The summed E-state index contributed by atoms with van der Waals surface area (Å²) in [6.45, 7) is 8.79. The summed E-state index contributed by atoms with van der Waals surface area (Å²) >= 11 is 8.73. The van der Waals surface area contributed by atoms with Crippen molar-refractivity contribution >= 4 is 57.3 Å². The zero-order valence-corrected chi connectivity index (χ0v) is 29.3. The minimum Gasteiger partial charge on any atom is -0.507 e. The van der Waals surface area contributed by atoms with Crippen LogP contribution in [0, 0.1) is 6.92 Å². The molecule has 0 radical (unpaired) electrons. The zero-order chi connectivity index (χ0) is 34.0. The molecule has 10 heteroatoms. The largest absolute Gasteiger partial charge is 0.507 e. The average Bonchev–Trinajstić information content (AvgIpc) is 3.65. The van der Waals surface area contributed by atoms with Gasteiger partial charge in [-0.25, -0.2) is 0 Å². The molecule has 7 nitrogen and oxygen atoms in total. The lowest BCUT2D eigenvalue weighted by atomic mass is 9.85. The molecule has 0 saturated carbocycles. The Bertz CT molecular complexity index is 1980. The predicted octanol–water partition coefficient (Wildman–Crippen LogP) is 9.30. The number of aryl methyl sites for hydroxylation is 1. The van der Waals surface area contributed by atoms with Crippen molar-refractivity contribution in [3.8, 4) is 5.75 Å². The zero-order valence-electron chi connectivity index (χ0n) is 26.9. The van der Waals surface area contributed by atoms with Gasteiger partial charge in [0.15, 0.2) is 4.34 Å². The molecule has 2 heterocycles. The fourth-order valence-corrected chi connectivity index (χ4v) is 7.34. The van der Waals surface area contributed by atoms with Gasteiger partial charge in [0.1, 0.15) is 18.1 Å². The lowest BCUT2D eigenvalue weighted by Crippen LogP contribution is -2.29. The fraction of sp³-hybridized carbons (Fsp3) is 0.211. The number of aliphatic hydroxyl groups is 1. The van der Waals surface area contributed by atoms with Crippen molar-refractivity contribution in [2.75, 3.05) is 4.90 Å². The number of hydrogen-bond donors (Lipinski definition) is 1. The molecule has 4 aromatic carbocycles. The summed E-state index contributed by atoms with van der Waals surface area (Å²) in [5, 5.41) is 21.2. The number of hydrogen-bond acceptors (Lipinski definition) is 8. The minimum atomic E-state index is -0.905. The standard InChI is InChI=1S/C38H34ClN3O4S2/c1-23-7-5-6-8-27(23)21-46-30-19-13-26(14-20-30)33(43)31-32(25-11-15-28(16-12-25)38(2,3)4)42(35(45)34(31)44)36-40-41-37(48-36)47-22-24-9-17-29(39)18-10-24/h5-20,32,43H,21-22H2,1-4H3. The van der Waals surface area contributed by atoms with Crippen LogP contribution >= 0.6 is 34.7 Å². The van der Waals surface area contributed by atoms with Crippen LogP contribution in [-0.4, -0.2) is 27.0 Å². The molecule has 0 aliphatic carbocycles. The highest BCUT2D eigenvalue weighted by Gasteiger charge is 2.48. The Kier molecular flexibility index (Phi) is 9.73. The first-order valence-electron chi connectivity index (χ1n) is 15.4. The minimum absolute atomic E-state index is 0.0114. The third-order valence-corrected chi connectivity index (χ3v) is 10.6. The Morgan fingerprint density at radius 3 is 2.29 bits per heavy atom. The third kappa shape index (κ3) is 7.18. The van der Waals surface area contributed by atoms with Gasteiger partial charge in [0.05, 0.1) is 11.6 Å². The molecule has 1 unspecified atom stereocenters. The maximum Gasteiger partial charge on any atom is 0.301 e. The maximum atomic E-state index is 13.7. The van der Waals surface area contributed by atoms with Gasteiger partial charge in [0, 0.05) is 16.3 Å². The van der Waals surface area contributed by atoms with Crippen LogP contribution in [0.2, 0.25) is 5.02 Å². The molecule has 1 aliphatic heterocycles. The smallest absolute Gasteiger partial charge is 0.301 e. The second kappa shape index (κ2) is 14.0. The molecule has 0 bridgehead atoms. The summed E-state index contributed by atoms with van der Waals surface area (Å²) < 4.78 is 6.63. The molecule has 5 aromatic rings. The monoisotopic (exact) mass is 695 g/mol. The van der Waals surface area contributed by atoms with Gasteiger partial charge in [-0.05, 0) is 76.6 Å². The molecule has 1 N–H and O–H groups in total. The fourth-order valence-electron chi connectivity index (χ4n) is 5.39. The molecule has 1 amide bonds. The van der Waals surface area contributed by atoms with E-state index in [1.165, 1.54) is 28.0 Å². The van der Waals surface area contributed by atoms with E-state index in [0.29, 0.717) is 38.6 Å². The number of halogens is 1. The first kappa shape index (κ1) is 33.5. The van der Waals surface area contributed by atoms with Crippen molar-refractivity contribution < 1.29 is 19.4 Å². The molecular formula is C38H34ClN3O4S2. The number of carbonyl (C=O) groups is 2. The molecule has 1 fully saturated rings. The van der Waals surface area contributed by atoms with E-state index in [0.717, 1.165) is 22.3 Å². The lowest BCUT2D eigenvalue weighted by Gasteiger charge is -2.24. The van der Waals surface area contributed by atoms with E-state index >= 15 is 0 Å². The SMILES string of the molecule is Cc1ccccc1COc1ccc(C(O)=C2C(=O)C(=O)N(c3nnc(SCc4ccc(Cl)cc4)s3)C2c2ccc(C(C)(C)C)cc2)cc1. The topological polar surface area (TPSA) is 92.6 Å². The summed E-state index contributed by atoms with van der Waals surface area (Å²) in [6, 6.07) is 29.3. The Morgan fingerprint density at radius 2 is 1.62 bits per heavy atom. The quantitative estimate of drug-likeness (QED) is 0.0540. The number of aliphatic hydroxyl groups excluding tert-OH is 1. The van der Waals surface area contributed by atoms with Gasteiger partial charge in [-0.1, -0.05) is 116 Å². The van der Waals surface area contributed by atoms with Gasteiger partial charge in [-0.15, -0.1) is 10.2 Å². The number of Topliss-reactive ketones (excluding diaryl/α,β-unsaturated/α-hetero) is 1. The Morgan fingerprint density at radius 1 is 0.938 bits per heavy atom. The Hall–Kier alpha value is -4.44. The number of carbonyl (C=O) groups excluding carboxylic acids is 2. The molecule has 0 spiro atoms. The normalized spacial score (nSPS) is 16.0. The number of ketones is 1. The Balaban J connectivity index is 1.32. The summed E-state index contributed by atoms with van der Waals surface area (Å²) in [5.41, 5.74) is 5.33. The summed E-state index contributed by atoms with van der Waals surface area (Å²) in [7, 11) is 0. The summed E-state index contributed by atoms with van der Waals surface area (Å²) in [5.74, 6) is -0.588. The van der Waals surface area contributed by atoms with Crippen LogP contribution < -0.4 is 9.64 Å². The van der Waals surface area contributed by atoms with Crippen LogP contribution in [0.15, 0.2) is 107 Å². The number of benzene rings is 4. The lowest BCUT2D eigenvalue weighted by molar-refractivity contribution is -0.132.